The molecule has 8 heteroatoms. The van der Waals surface area contributed by atoms with Crippen LogP contribution >= 0.6 is 0 Å². The van der Waals surface area contributed by atoms with Gasteiger partial charge in [0.05, 0.1) is 14.2 Å². The Bertz CT molecular complexity index is 672. The topological polar surface area (TPSA) is 114 Å². The van der Waals surface area contributed by atoms with Gasteiger partial charge in [0.25, 0.3) is 0 Å². The SMILES string of the molecule is CCNC(=O)[C@H](CCC(=O)O)NC(=O)/C=C/c1ccc(OC)c(OC)c1. The highest BCUT2D eigenvalue weighted by Crippen LogP contribution is 2.27. The summed E-state index contributed by atoms with van der Waals surface area (Å²) in [6, 6.07) is 4.25. The number of carbonyl (C=O) groups excluding carboxylic acids is 2. The minimum Gasteiger partial charge on any atom is -0.493 e. The minimum absolute atomic E-state index is 0.0110. The van der Waals surface area contributed by atoms with E-state index >= 15 is 0 Å². The third-order valence-corrected chi connectivity index (χ3v) is 3.47. The fourth-order valence-electron chi connectivity index (χ4n) is 2.18. The molecule has 1 rings (SSSR count). The minimum atomic E-state index is -1.03. The van der Waals surface area contributed by atoms with E-state index in [1.807, 2.05) is 0 Å². The van der Waals surface area contributed by atoms with Crippen LogP contribution < -0.4 is 20.1 Å². The number of rotatable bonds is 10. The Balaban J connectivity index is 2.78. The fraction of sp³-hybridized carbons (Fsp3) is 0.389. The van der Waals surface area contributed by atoms with E-state index in [0.717, 1.165) is 0 Å². The van der Waals surface area contributed by atoms with Crippen molar-refractivity contribution < 1.29 is 29.0 Å². The van der Waals surface area contributed by atoms with E-state index < -0.39 is 23.8 Å². The molecule has 0 saturated heterocycles. The monoisotopic (exact) mass is 364 g/mol. The predicted molar refractivity (Wildman–Crippen MR) is 96.1 cm³/mol. The number of methoxy groups -OCH3 is 2. The zero-order valence-electron chi connectivity index (χ0n) is 15.1. The highest BCUT2D eigenvalue weighted by molar-refractivity contribution is 5.95. The van der Waals surface area contributed by atoms with Gasteiger partial charge < -0.3 is 25.2 Å². The Morgan fingerprint density at radius 2 is 1.88 bits per heavy atom. The van der Waals surface area contributed by atoms with Gasteiger partial charge in [-0.1, -0.05) is 6.07 Å². The Labute approximate surface area is 152 Å². The molecule has 3 N–H and O–H groups in total. The van der Waals surface area contributed by atoms with E-state index in [2.05, 4.69) is 10.6 Å². The van der Waals surface area contributed by atoms with Crippen LogP contribution in [-0.4, -0.2) is 49.7 Å². The van der Waals surface area contributed by atoms with Gasteiger partial charge in [0.1, 0.15) is 6.04 Å². The van der Waals surface area contributed by atoms with Gasteiger partial charge in [-0.05, 0) is 37.1 Å². The molecule has 0 radical (unpaired) electrons. The molecular weight excluding hydrogens is 340 g/mol. The molecule has 2 amide bonds. The highest BCUT2D eigenvalue weighted by atomic mass is 16.5. The van der Waals surface area contributed by atoms with Gasteiger partial charge in [-0.3, -0.25) is 14.4 Å². The lowest BCUT2D eigenvalue weighted by Crippen LogP contribution is -2.46. The lowest BCUT2D eigenvalue weighted by molar-refractivity contribution is -0.137. The van der Waals surface area contributed by atoms with E-state index in [1.165, 1.54) is 20.3 Å². The lowest BCUT2D eigenvalue weighted by atomic mass is 10.1. The van der Waals surface area contributed by atoms with Crippen LogP contribution in [0.1, 0.15) is 25.3 Å². The predicted octanol–water partition coefficient (Wildman–Crippen LogP) is 1.20. The van der Waals surface area contributed by atoms with Gasteiger partial charge in [-0.15, -0.1) is 0 Å². The second kappa shape index (κ2) is 10.8. The summed E-state index contributed by atoms with van der Waals surface area (Å²) in [6.07, 6.45) is 2.62. The second-order valence-electron chi connectivity index (χ2n) is 5.34. The fourth-order valence-corrected chi connectivity index (χ4v) is 2.18. The van der Waals surface area contributed by atoms with E-state index in [4.69, 9.17) is 14.6 Å². The molecule has 0 fully saturated rings. The normalized spacial score (nSPS) is 11.7. The smallest absolute Gasteiger partial charge is 0.303 e. The van der Waals surface area contributed by atoms with Crippen molar-refractivity contribution >= 4 is 23.9 Å². The summed E-state index contributed by atoms with van der Waals surface area (Å²) in [5, 5.41) is 13.9. The van der Waals surface area contributed by atoms with Crippen molar-refractivity contribution in [2.75, 3.05) is 20.8 Å². The molecule has 1 atom stereocenters. The number of ether oxygens (including phenoxy) is 2. The van der Waals surface area contributed by atoms with Crippen LogP contribution in [0.3, 0.4) is 0 Å². The maximum atomic E-state index is 12.1. The van der Waals surface area contributed by atoms with Crippen LogP contribution in [-0.2, 0) is 14.4 Å². The number of hydrogen-bond acceptors (Lipinski definition) is 5. The van der Waals surface area contributed by atoms with Crippen molar-refractivity contribution in [2.45, 2.75) is 25.8 Å². The number of hydrogen-bond donors (Lipinski definition) is 3. The van der Waals surface area contributed by atoms with E-state index in [1.54, 1.807) is 31.2 Å². The molecule has 1 aromatic rings. The molecule has 0 aromatic heterocycles. The zero-order chi connectivity index (χ0) is 19.5. The molecule has 0 heterocycles. The Morgan fingerprint density at radius 1 is 1.19 bits per heavy atom. The Morgan fingerprint density at radius 3 is 2.46 bits per heavy atom. The van der Waals surface area contributed by atoms with Crippen molar-refractivity contribution in [3.05, 3.63) is 29.8 Å². The summed E-state index contributed by atoms with van der Waals surface area (Å²) in [7, 11) is 3.04. The molecular formula is C18H24N2O6. The van der Waals surface area contributed by atoms with Gasteiger partial charge in [-0.25, -0.2) is 0 Å². The number of aliphatic carboxylic acids is 1. The molecule has 26 heavy (non-hydrogen) atoms. The largest absolute Gasteiger partial charge is 0.493 e. The van der Waals surface area contributed by atoms with Crippen molar-refractivity contribution in [1.29, 1.82) is 0 Å². The van der Waals surface area contributed by atoms with Crippen molar-refractivity contribution in [3.8, 4) is 11.5 Å². The first-order valence-electron chi connectivity index (χ1n) is 8.11. The summed E-state index contributed by atoms with van der Waals surface area (Å²) in [5.41, 5.74) is 0.706. The van der Waals surface area contributed by atoms with Crippen LogP contribution in [0, 0.1) is 0 Å². The molecule has 0 bridgehead atoms. The molecule has 0 aliphatic carbocycles. The highest BCUT2D eigenvalue weighted by Gasteiger charge is 2.20. The van der Waals surface area contributed by atoms with Gasteiger partial charge in [0.2, 0.25) is 11.8 Å². The van der Waals surface area contributed by atoms with Crippen LogP contribution in [0.2, 0.25) is 0 Å². The molecule has 142 valence electrons. The number of nitrogens with one attached hydrogen (secondary N) is 2. The molecule has 0 unspecified atom stereocenters. The summed E-state index contributed by atoms with van der Waals surface area (Å²) in [5.74, 6) is -0.853. The number of carbonyl (C=O) groups is 3. The van der Waals surface area contributed by atoms with Crippen molar-refractivity contribution in [2.24, 2.45) is 0 Å². The third kappa shape index (κ3) is 6.84. The van der Waals surface area contributed by atoms with Gasteiger partial charge >= 0.3 is 5.97 Å². The van der Waals surface area contributed by atoms with Crippen LogP contribution in [0.25, 0.3) is 6.08 Å². The number of amides is 2. The summed E-state index contributed by atoms with van der Waals surface area (Å²) in [6.45, 7) is 2.13. The number of carboxylic acid groups (broad SMARTS) is 1. The van der Waals surface area contributed by atoms with Crippen LogP contribution in [0.5, 0.6) is 11.5 Å². The quantitative estimate of drug-likeness (QED) is 0.538. The summed E-state index contributed by atoms with van der Waals surface area (Å²) in [4.78, 5) is 34.7. The molecule has 0 aliphatic heterocycles. The Kier molecular flexibility index (Phi) is 8.69. The summed E-state index contributed by atoms with van der Waals surface area (Å²) < 4.78 is 10.3. The average molecular weight is 364 g/mol. The van der Waals surface area contributed by atoms with Crippen molar-refractivity contribution in [3.63, 3.8) is 0 Å². The Hall–Kier alpha value is -3.03. The maximum absolute atomic E-state index is 12.1. The van der Waals surface area contributed by atoms with Gasteiger partial charge in [0.15, 0.2) is 11.5 Å². The first kappa shape index (κ1) is 21.0. The zero-order valence-corrected chi connectivity index (χ0v) is 15.1. The number of benzene rings is 1. The first-order chi connectivity index (χ1) is 12.4. The number of likely N-dealkylation sites (N-methyl/N-ethyl adjacent to an activating group) is 1. The third-order valence-electron chi connectivity index (χ3n) is 3.47. The molecule has 8 nitrogen and oxygen atoms in total. The van der Waals surface area contributed by atoms with E-state index in [9.17, 15) is 14.4 Å². The second-order valence-corrected chi connectivity index (χ2v) is 5.34. The van der Waals surface area contributed by atoms with Crippen LogP contribution in [0.4, 0.5) is 0 Å². The standard InChI is InChI=1S/C18H24N2O6/c1-4-19-18(24)13(7-10-17(22)23)20-16(21)9-6-12-5-8-14(25-2)15(11-12)26-3/h5-6,8-9,11,13H,4,7,10H2,1-3H3,(H,19,24)(H,20,21)(H,22,23)/b9-6+/t13-/m0/s1. The first-order valence-corrected chi connectivity index (χ1v) is 8.11. The lowest BCUT2D eigenvalue weighted by Gasteiger charge is -2.16. The van der Waals surface area contributed by atoms with E-state index in [0.29, 0.717) is 23.6 Å². The maximum Gasteiger partial charge on any atom is 0.303 e. The molecule has 0 spiro atoms. The summed E-state index contributed by atoms with van der Waals surface area (Å²) >= 11 is 0. The molecule has 0 aliphatic rings. The molecule has 0 saturated carbocycles. The van der Waals surface area contributed by atoms with E-state index in [-0.39, 0.29) is 12.8 Å². The number of carboxylic acids is 1. The van der Waals surface area contributed by atoms with Crippen molar-refractivity contribution in [1.82, 2.24) is 10.6 Å². The molecule has 1 aromatic carbocycles. The van der Waals surface area contributed by atoms with Gasteiger partial charge in [0, 0.05) is 19.0 Å². The average Bonchev–Trinajstić information content (AvgIpc) is 2.63. The van der Waals surface area contributed by atoms with Crippen LogP contribution in [0.15, 0.2) is 24.3 Å². The van der Waals surface area contributed by atoms with Gasteiger partial charge in [-0.2, -0.15) is 0 Å².